The predicted octanol–water partition coefficient (Wildman–Crippen LogP) is 5.59. The third-order valence-corrected chi connectivity index (χ3v) is 4.38. The fourth-order valence-corrected chi connectivity index (χ4v) is 2.79. The first kappa shape index (κ1) is 16.9. The van der Waals surface area contributed by atoms with Crippen LogP contribution in [0.1, 0.15) is 77.2 Å². The molecule has 0 spiro atoms. The molecule has 0 aliphatic rings. The molecule has 0 bridgehead atoms. The molecule has 2 heteroatoms. The Morgan fingerprint density at radius 1 is 0.900 bits per heavy atom. The summed E-state index contributed by atoms with van der Waals surface area (Å²) in [4.78, 5) is 0. The van der Waals surface area contributed by atoms with Crippen molar-refractivity contribution in [3.63, 3.8) is 0 Å². The van der Waals surface area contributed by atoms with Crippen LogP contribution < -0.4 is 0 Å². The molecule has 0 heterocycles. The van der Waals surface area contributed by atoms with E-state index in [2.05, 4.69) is 20.8 Å². The molecule has 0 saturated carbocycles. The van der Waals surface area contributed by atoms with Crippen LogP contribution in [0.25, 0.3) is 0 Å². The Hall–Kier alpha value is -1.18. The van der Waals surface area contributed by atoms with Crippen LogP contribution in [0.15, 0.2) is 18.2 Å². The number of benzene rings is 1. The Balaban J connectivity index is 2.41. The van der Waals surface area contributed by atoms with Crippen LogP contribution in [0.3, 0.4) is 0 Å². The molecule has 1 rings (SSSR count). The van der Waals surface area contributed by atoms with Crippen LogP contribution in [0.2, 0.25) is 0 Å². The van der Waals surface area contributed by atoms with E-state index in [0.29, 0.717) is 11.5 Å². The highest BCUT2D eigenvalue weighted by Crippen LogP contribution is 2.38. The Kier molecular flexibility index (Phi) is 7.50. The van der Waals surface area contributed by atoms with Gasteiger partial charge in [0.05, 0.1) is 0 Å². The van der Waals surface area contributed by atoms with Crippen molar-refractivity contribution in [2.45, 2.75) is 71.6 Å². The molecule has 0 aliphatic carbocycles. The minimum absolute atomic E-state index is 0.187. The van der Waals surface area contributed by atoms with Crippen LogP contribution >= 0.6 is 0 Å². The highest BCUT2D eigenvalue weighted by Gasteiger charge is 2.20. The first-order valence-corrected chi connectivity index (χ1v) is 8.08. The zero-order valence-corrected chi connectivity index (χ0v) is 13.2. The fourth-order valence-electron chi connectivity index (χ4n) is 2.79. The molecule has 2 N–H and O–H groups in total. The normalized spacial score (nSPS) is 14.2. The van der Waals surface area contributed by atoms with E-state index in [4.69, 9.17) is 0 Å². The highest BCUT2D eigenvalue weighted by molar-refractivity contribution is 5.45. The third-order valence-electron chi connectivity index (χ3n) is 4.38. The molecule has 2 unspecified atom stereocenters. The summed E-state index contributed by atoms with van der Waals surface area (Å²) in [6.07, 6.45) is 9.00. The Labute approximate surface area is 123 Å². The molecule has 2 nitrogen and oxygen atoms in total. The van der Waals surface area contributed by atoms with Gasteiger partial charge in [-0.3, -0.25) is 0 Å². The van der Waals surface area contributed by atoms with E-state index < -0.39 is 0 Å². The maximum Gasteiger partial charge on any atom is 0.122 e. The number of phenolic OH excluding ortho intramolecular Hbond substituents is 2. The molecular weight excluding hydrogens is 248 g/mol. The Bertz CT molecular complexity index is 367. The first-order valence-electron chi connectivity index (χ1n) is 8.08. The van der Waals surface area contributed by atoms with Gasteiger partial charge in [-0.25, -0.2) is 0 Å². The van der Waals surface area contributed by atoms with E-state index in [1.54, 1.807) is 18.2 Å². The number of rotatable bonds is 9. The number of unbranched alkanes of at least 4 members (excludes halogenated alkanes) is 5. The minimum atomic E-state index is 0.187. The summed E-state index contributed by atoms with van der Waals surface area (Å²) in [6, 6.07) is 4.99. The van der Waals surface area contributed by atoms with Crippen LogP contribution in [0, 0.1) is 5.92 Å². The van der Waals surface area contributed by atoms with E-state index in [1.807, 2.05) is 0 Å². The zero-order valence-electron chi connectivity index (χ0n) is 13.2. The van der Waals surface area contributed by atoms with Crippen molar-refractivity contribution < 1.29 is 10.2 Å². The Morgan fingerprint density at radius 3 is 2.05 bits per heavy atom. The van der Waals surface area contributed by atoms with Gasteiger partial charge in [-0.2, -0.15) is 0 Å². The van der Waals surface area contributed by atoms with Gasteiger partial charge in [0.2, 0.25) is 0 Å². The average molecular weight is 278 g/mol. The van der Waals surface area contributed by atoms with Gasteiger partial charge in [0.1, 0.15) is 11.5 Å². The molecule has 114 valence electrons. The molecule has 20 heavy (non-hydrogen) atoms. The standard InChI is InChI=1S/C18H30O2/c1-4-5-6-7-8-9-11-14(2)15(3)18-16(19)12-10-13-17(18)20/h10,12-15,19-20H,4-9,11H2,1-3H3. The monoisotopic (exact) mass is 278 g/mol. The summed E-state index contributed by atoms with van der Waals surface area (Å²) in [5, 5.41) is 19.8. The van der Waals surface area contributed by atoms with Crippen LogP contribution in [-0.4, -0.2) is 10.2 Å². The largest absolute Gasteiger partial charge is 0.508 e. The van der Waals surface area contributed by atoms with Crippen LogP contribution in [-0.2, 0) is 0 Å². The van der Waals surface area contributed by atoms with Crippen molar-refractivity contribution in [1.29, 1.82) is 0 Å². The topological polar surface area (TPSA) is 40.5 Å². The lowest BCUT2D eigenvalue weighted by Gasteiger charge is -2.22. The molecule has 0 radical (unpaired) electrons. The average Bonchev–Trinajstić information content (AvgIpc) is 2.42. The van der Waals surface area contributed by atoms with Gasteiger partial charge in [0.25, 0.3) is 0 Å². The summed E-state index contributed by atoms with van der Waals surface area (Å²) >= 11 is 0. The zero-order chi connectivity index (χ0) is 15.0. The summed E-state index contributed by atoms with van der Waals surface area (Å²) in [5.74, 6) is 1.09. The van der Waals surface area contributed by atoms with E-state index in [0.717, 1.165) is 6.42 Å². The fraction of sp³-hybridized carbons (Fsp3) is 0.667. The number of hydrogen-bond acceptors (Lipinski definition) is 2. The molecule has 0 aromatic heterocycles. The predicted molar refractivity (Wildman–Crippen MR) is 85.3 cm³/mol. The van der Waals surface area contributed by atoms with E-state index in [-0.39, 0.29) is 17.4 Å². The van der Waals surface area contributed by atoms with Gasteiger partial charge >= 0.3 is 0 Å². The Morgan fingerprint density at radius 2 is 1.45 bits per heavy atom. The first-order chi connectivity index (χ1) is 9.57. The van der Waals surface area contributed by atoms with Gasteiger partial charge in [-0.05, 0) is 24.0 Å². The minimum Gasteiger partial charge on any atom is -0.508 e. The van der Waals surface area contributed by atoms with Crippen molar-refractivity contribution in [1.82, 2.24) is 0 Å². The van der Waals surface area contributed by atoms with Crippen LogP contribution in [0.4, 0.5) is 0 Å². The molecule has 0 fully saturated rings. The second kappa shape index (κ2) is 8.89. The number of phenols is 2. The van der Waals surface area contributed by atoms with Crippen molar-refractivity contribution in [3.8, 4) is 11.5 Å². The SMILES string of the molecule is CCCCCCCCC(C)C(C)c1c(O)cccc1O. The molecular formula is C18H30O2. The molecule has 2 atom stereocenters. The smallest absolute Gasteiger partial charge is 0.122 e. The molecule has 1 aromatic rings. The molecule has 1 aromatic carbocycles. The van der Waals surface area contributed by atoms with Gasteiger partial charge in [0.15, 0.2) is 0 Å². The maximum atomic E-state index is 9.92. The molecule has 0 aliphatic heterocycles. The van der Waals surface area contributed by atoms with Gasteiger partial charge < -0.3 is 10.2 Å². The van der Waals surface area contributed by atoms with Crippen molar-refractivity contribution in [2.24, 2.45) is 5.92 Å². The summed E-state index contributed by atoms with van der Waals surface area (Å²) in [7, 11) is 0. The quantitative estimate of drug-likeness (QED) is 0.578. The molecule has 0 amide bonds. The van der Waals surface area contributed by atoms with Crippen molar-refractivity contribution >= 4 is 0 Å². The van der Waals surface area contributed by atoms with Gasteiger partial charge in [0, 0.05) is 5.56 Å². The van der Waals surface area contributed by atoms with Gasteiger partial charge in [-0.15, -0.1) is 0 Å². The number of aromatic hydroxyl groups is 2. The summed E-state index contributed by atoms with van der Waals surface area (Å²) < 4.78 is 0. The van der Waals surface area contributed by atoms with E-state index in [1.165, 1.54) is 38.5 Å². The summed E-state index contributed by atoms with van der Waals surface area (Å²) in [5.41, 5.74) is 0.700. The third kappa shape index (κ3) is 5.07. The van der Waals surface area contributed by atoms with E-state index in [9.17, 15) is 10.2 Å². The second-order valence-corrected chi connectivity index (χ2v) is 6.03. The lowest BCUT2D eigenvalue weighted by Crippen LogP contribution is -2.07. The van der Waals surface area contributed by atoms with E-state index >= 15 is 0 Å². The lowest BCUT2D eigenvalue weighted by molar-refractivity contribution is 0.383. The lowest BCUT2D eigenvalue weighted by atomic mass is 9.84. The maximum absolute atomic E-state index is 9.92. The number of hydrogen-bond donors (Lipinski definition) is 2. The highest BCUT2D eigenvalue weighted by atomic mass is 16.3. The second-order valence-electron chi connectivity index (χ2n) is 6.03. The summed E-state index contributed by atoms with van der Waals surface area (Å²) in [6.45, 7) is 6.54. The van der Waals surface area contributed by atoms with Crippen LogP contribution in [0.5, 0.6) is 11.5 Å². The van der Waals surface area contributed by atoms with Gasteiger partial charge in [-0.1, -0.05) is 71.8 Å². The van der Waals surface area contributed by atoms with Crippen molar-refractivity contribution in [3.05, 3.63) is 23.8 Å². The van der Waals surface area contributed by atoms with Crippen molar-refractivity contribution in [2.75, 3.05) is 0 Å². The molecule has 0 saturated heterocycles.